The number of benzene rings is 2. The number of nitrogens with one attached hydrogen (secondary N) is 2. The number of rotatable bonds is 7. The molecule has 4 nitrogen and oxygen atoms in total. The van der Waals surface area contributed by atoms with Crippen LogP contribution in [0.3, 0.4) is 0 Å². The van der Waals surface area contributed by atoms with Gasteiger partial charge in [0.1, 0.15) is 0 Å². The molecule has 0 aromatic heterocycles. The molecule has 0 spiro atoms. The fourth-order valence-electron chi connectivity index (χ4n) is 3.82. The van der Waals surface area contributed by atoms with Gasteiger partial charge in [-0.1, -0.05) is 30.3 Å². The Morgan fingerprint density at radius 2 is 1.52 bits per heavy atom. The molecule has 0 amide bonds. The van der Waals surface area contributed by atoms with Crippen molar-refractivity contribution in [1.29, 1.82) is 0 Å². The van der Waals surface area contributed by atoms with Gasteiger partial charge in [-0.05, 0) is 93.7 Å². The minimum absolute atomic E-state index is 0.0934. The average molecular weight is 415 g/mol. The van der Waals surface area contributed by atoms with E-state index in [-0.39, 0.29) is 11.3 Å². The van der Waals surface area contributed by atoms with Gasteiger partial charge in [-0.25, -0.2) is 13.1 Å². The van der Waals surface area contributed by atoms with Gasteiger partial charge >= 0.3 is 0 Å². The van der Waals surface area contributed by atoms with Crippen molar-refractivity contribution in [3.05, 3.63) is 53.6 Å². The van der Waals surface area contributed by atoms with E-state index in [9.17, 15) is 8.42 Å². The third-order valence-electron chi connectivity index (χ3n) is 6.12. The zero-order valence-electron chi connectivity index (χ0n) is 18.0. The lowest BCUT2D eigenvalue weighted by atomic mass is 9.86. The first-order chi connectivity index (χ1) is 13.7. The van der Waals surface area contributed by atoms with Crippen LogP contribution in [0.1, 0.15) is 50.7 Å². The molecule has 1 saturated carbocycles. The summed E-state index contributed by atoms with van der Waals surface area (Å²) in [5, 5.41) is 3.19. The molecule has 1 fully saturated rings. The number of hydrogen-bond donors (Lipinski definition) is 2. The predicted octanol–water partition coefficient (Wildman–Crippen LogP) is 5.27. The summed E-state index contributed by atoms with van der Waals surface area (Å²) in [6.07, 6.45) is 3.95. The zero-order valence-corrected chi connectivity index (χ0v) is 18.9. The molecule has 0 radical (unpaired) electrons. The second-order valence-electron chi connectivity index (χ2n) is 8.69. The predicted molar refractivity (Wildman–Crippen MR) is 123 cm³/mol. The molecule has 0 saturated heterocycles. The Kier molecular flexibility index (Phi) is 7.01. The van der Waals surface area contributed by atoms with E-state index in [1.165, 1.54) is 22.3 Å². The highest BCUT2D eigenvalue weighted by Crippen LogP contribution is 2.27. The second-order valence-corrected chi connectivity index (χ2v) is 11.0. The van der Waals surface area contributed by atoms with Crippen molar-refractivity contribution >= 4 is 15.7 Å². The zero-order chi connectivity index (χ0) is 21.0. The molecule has 2 N–H and O–H groups in total. The standard InChI is InChI=1S/C24H34N2O2S/c1-17(2)29(27,28)26-24-11-6-20(7-12-24)16-25-23-13-9-21(10-14-23)22-8-5-18(3)19(4)15-22/h5,8-10,13-15,17,20,24-26H,6-7,11-12,16H2,1-4H3. The topological polar surface area (TPSA) is 58.2 Å². The second kappa shape index (κ2) is 9.31. The van der Waals surface area contributed by atoms with Gasteiger partial charge in [0.05, 0.1) is 5.25 Å². The van der Waals surface area contributed by atoms with Gasteiger partial charge in [0.2, 0.25) is 10.0 Å². The Balaban J connectivity index is 1.48. The third-order valence-corrected chi connectivity index (χ3v) is 8.02. The first-order valence-corrected chi connectivity index (χ1v) is 12.2. The molecule has 1 aliphatic carbocycles. The highest BCUT2D eigenvalue weighted by atomic mass is 32.2. The number of anilines is 1. The van der Waals surface area contributed by atoms with E-state index < -0.39 is 10.0 Å². The van der Waals surface area contributed by atoms with Crippen molar-refractivity contribution in [2.24, 2.45) is 5.92 Å². The maximum atomic E-state index is 12.0. The van der Waals surface area contributed by atoms with E-state index >= 15 is 0 Å². The maximum absolute atomic E-state index is 12.0. The van der Waals surface area contributed by atoms with Gasteiger partial charge in [0.25, 0.3) is 0 Å². The average Bonchev–Trinajstić information content (AvgIpc) is 2.69. The third kappa shape index (κ3) is 5.83. The molecule has 1 aliphatic rings. The van der Waals surface area contributed by atoms with Crippen molar-refractivity contribution in [3.8, 4) is 11.1 Å². The minimum Gasteiger partial charge on any atom is -0.385 e. The molecule has 29 heavy (non-hydrogen) atoms. The minimum atomic E-state index is -3.17. The lowest BCUT2D eigenvalue weighted by Crippen LogP contribution is -2.41. The van der Waals surface area contributed by atoms with Crippen molar-refractivity contribution in [3.63, 3.8) is 0 Å². The summed E-state index contributed by atoms with van der Waals surface area (Å²) in [7, 11) is -3.17. The lowest BCUT2D eigenvalue weighted by molar-refractivity contribution is 0.323. The number of hydrogen-bond acceptors (Lipinski definition) is 3. The monoisotopic (exact) mass is 414 g/mol. The van der Waals surface area contributed by atoms with Crippen LogP contribution in [0.15, 0.2) is 42.5 Å². The number of aryl methyl sites for hydroxylation is 2. The van der Waals surface area contributed by atoms with Gasteiger partial charge in [0, 0.05) is 18.3 Å². The van der Waals surface area contributed by atoms with Crippen LogP contribution < -0.4 is 10.0 Å². The fraction of sp³-hybridized carbons (Fsp3) is 0.500. The quantitative estimate of drug-likeness (QED) is 0.649. The van der Waals surface area contributed by atoms with Crippen LogP contribution in [0.2, 0.25) is 0 Å². The molecule has 0 unspecified atom stereocenters. The number of sulfonamides is 1. The summed E-state index contributed by atoms with van der Waals surface area (Å²) in [4.78, 5) is 0. The molecular formula is C24H34N2O2S. The van der Waals surface area contributed by atoms with Crippen LogP contribution in [-0.2, 0) is 10.0 Å². The molecule has 0 heterocycles. The first kappa shape index (κ1) is 21.8. The molecule has 2 aromatic rings. The van der Waals surface area contributed by atoms with E-state index in [2.05, 4.69) is 66.4 Å². The van der Waals surface area contributed by atoms with Crippen LogP contribution >= 0.6 is 0 Å². The maximum Gasteiger partial charge on any atom is 0.214 e. The molecular weight excluding hydrogens is 380 g/mol. The van der Waals surface area contributed by atoms with Crippen LogP contribution in [0.5, 0.6) is 0 Å². The van der Waals surface area contributed by atoms with E-state index in [4.69, 9.17) is 0 Å². The molecule has 5 heteroatoms. The van der Waals surface area contributed by atoms with Crippen LogP contribution in [0, 0.1) is 19.8 Å². The highest BCUT2D eigenvalue weighted by molar-refractivity contribution is 7.90. The SMILES string of the molecule is Cc1ccc(-c2ccc(NCC3CCC(NS(=O)(=O)C(C)C)CC3)cc2)cc1C. The lowest BCUT2D eigenvalue weighted by Gasteiger charge is -2.29. The fourth-order valence-corrected chi connectivity index (χ4v) is 4.79. The van der Waals surface area contributed by atoms with Crippen LogP contribution in [0.4, 0.5) is 5.69 Å². The molecule has 2 aromatic carbocycles. The largest absolute Gasteiger partial charge is 0.385 e. The van der Waals surface area contributed by atoms with Gasteiger partial charge in [-0.3, -0.25) is 0 Å². The summed E-state index contributed by atoms with van der Waals surface area (Å²) in [5.41, 5.74) is 6.26. The molecule has 158 valence electrons. The van der Waals surface area contributed by atoms with E-state index in [1.54, 1.807) is 13.8 Å². The Hall–Kier alpha value is -1.85. The molecule has 0 aliphatic heterocycles. The summed E-state index contributed by atoms with van der Waals surface area (Å²) in [6, 6.07) is 15.3. The molecule has 3 rings (SSSR count). The summed E-state index contributed by atoms with van der Waals surface area (Å²) in [6.45, 7) is 8.68. The van der Waals surface area contributed by atoms with Crippen LogP contribution in [-0.4, -0.2) is 26.3 Å². The van der Waals surface area contributed by atoms with Gasteiger partial charge in [-0.2, -0.15) is 0 Å². The summed E-state index contributed by atoms with van der Waals surface area (Å²) < 4.78 is 26.9. The van der Waals surface area contributed by atoms with Crippen molar-refractivity contribution in [1.82, 2.24) is 4.72 Å². The van der Waals surface area contributed by atoms with Crippen LogP contribution in [0.25, 0.3) is 11.1 Å². The summed E-state index contributed by atoms with van der Waals surface area (Å²) >= 11 is 0. The summed E-state index contributed by atoms with van der Waals surface area (Å²) in [5.74, 6) is 0.592. The molecule has 0 bridgehead atoms. The van der Waals surface area contributed by atoms with E-state index in [1.807, 2.05) is 0 Å². The Bertz CT molecular complexity index is 912. The Labute approximate surface area is 176 Å². The van der Waals surface area contributed by atoms with E-state index in [0.717, 1.165) is 37.9 Å². The first-order valence-electron chi connectivity index (χ1n) is 10.7. The smallest absolute Gasteiger partial charge is 0.214 e. The highest BCUT2D eigenvalue weighted by Gasteiger charge is 2.26. The van der Waals surface area contributed by atoms with Crippen molar-refractivity contribution in [2.45, 2.75) is 64.7 Å². The van der Waals surface area contributed by atoms with Gasteiger partial charge < -0.3 is 5.32 Å². The normalized spacial score (nSPS) is 20.0. The van der Waals surface area contributed by atoms with Crippen molar-refractivity contribution in [2.75, 3.05) is 11.9 Å². The van der Waals surface area contributed by atoms with Crippen molar-refractivity contribution < 1.29 is 8.42 Å². The Morgan fingerprint density at radius 1 is 0.897 bits per heavy atom. The molecule has 0 atom stereocenters. The van der Waals surface area contributed by atoms with E-state index in [0.29, 0.717) is 5.92 Å². The van der Waals surface area contributed by atoms with Gasteiger partial charge in [0.15, 0.2) is 0 Å². The Morgan fingerprint density at radius 3 is 2.10 bits per heavy atom. The van der Waals surface area contributed by atoms with Gasteiger partial charge in [-0.15, -0.1) is 0 Å².